The number of carboxylic acid groups (broad SMARTS) is 1. The van der Waals surface area contributed by atoms with Gasteiger partial charge in [-0.25, -0.2) is 4.79 Å². The normalized spacial score (nSPS) is 11.5. The molecule has 0 aliphatic carbocycles. The Morgan fingerprint density at radius 2 is 2.14 bits per heavy atom. The summed E-state index contributed by atoms with van der Waals surface area (Å²) >= 11 is 0. The number of hydrogen-bond acceptors (Lipinski definition) is 5. The summed E-state index contributed by atoms with van der Waals surface area (Å²) in [6.07, 6.45) is 0.736. The fourth-order valence-electron chi connectivity index (χ4n) is 1.48. The highest BCUT2D eigenvalue weighted by Gasteiger charge is 2.19. The first-order valence-electron chi connectivity index (χ1n) is 6.29. The topological polar surface area (TPSA) is 119 Å². The van der Waals surface area contributed by atoms with Crippen molar-refractivity contribution in [2.45, 2.75) is 26.3 Å². The van der Waals surface area contributed by atoms with E-state index in [0.717, 1.165) is 24.6 Å². The van der Waals surface area contributed by atoms with Crippen LogP contribution in [-0.2, 0) is 4.79 Å². The van der Waals surface area contributed by atoms with Crippen molar-refractivity contribution in [3.8, 4) is 5.75 Å². The Labute approximate surface area is 120 Å². The van der Waals surface area contributed by atoms with Gasteiger partial charge in [0, 0.05) is 18.2 Å². The third-order valence-corrected chi connectivity index (χ3v) is 2.78. The Morgan fingerprint density at radius 1 is 1.48 bits per heavy atom. The molecule has 1 atom stereocenters. The molecular weight excluding hydrogens is 280 g/mol. The van der Waals surface area contributed by atoms with Gasteiger partial charge in [0.1, 0.15) is 0 Å². The number of nitrogens with zero attached hydrogens (tertiary/aromatic N) is 1. The van der Waals surface area contributed by atoms with Crippen molar-refractivity contribution in [1.82, 2.24) is 5.32 Å². The minimum Gasteiger partial charge on any atom is -0.478 e. The van der Waals surface area contributed by atoms with Gasteiger partial charge in [0.15, 0.2) is 12.4 Å². The Bertz CT molecular complexity index is 558. The first-order valence-corrected chi connectivity index (χ1v) is 6.29. The number of carbonyl (C=O) groups is 2. The van der Waals surface area contributed by atoms with Gasteiger partial charge in [0.2, 0.25) is 0 Å². The fourth-order valence-corrected chi connectivity index (χ4v) is 1.48. The van der Waals surface area contributed by atoms with Crippen molar-refractivity contribution < 1.29 is 24.4 Å². The van der Waals surface area contributed by atoms with Crippen molar-refractivity contribution in [2.75, 3.05) is 6.61 Å². The first-order chi connectivity index (χ1) is 9.85. The van der Waals surface area contributed by atoms with Crippen molar-refractivity contribution in [3.05, 3.63) is 33.9 Å². The van der Waals surface area contributed by atoms with E-state index in [-0.39, 0.29) is 17.4 Å². The number of aromatic carboxylic acids is 1. The van der Waals surface area contributed by atoms with Gasteiger partial charge in [0.25, 0.3) is 5.91 Å². The summed E-state index contributed by atoms with van der Waals surface area (Å²) in [5, 5.41) is 22.3. The summed E-state index contributed by atoms with van der Waals surface area (Å²) in [7, 11) is 0. The number of carbonyl (C=O) groups excluding carboxylic acids is 1. The summed E-state index contributed by atoms with van der Waals surface area (Å²) in [6.45, 7) is 3.28. The molecular formula is C13H16N2O6. The van der Waals surface area contributed by atoms with E-state index in [4.69, 9.17) is 9.84 Å². The van der Waals surface area contributed by atoms with Gasteiger partial charge in [0.05, 0.1) is 10.5 Å². The summed E-state index contributed by atoms with van der Waals surface area (Å²) in [4.78, 5) is 32.6. The molecule has 0 heterocycles. The van der Waals surface area contributed by atoms with Crippen molar-refractivity contribution in [3.63, 3.8) is 0 Å². The minimum absolute atomic E-state index is 0.0403. The number of rotatable bonds is 7. The molecule has 0 fully saturated rings. The molecule has 0 aliphatic rings. The van der Waals surface area contributed by atoms with Crippen molar-refractivity contribution in [2.24, 2.45) is 0 Å². The lowest BCUT2D eigenvalue weighted by Gasteiger charge is -2.12. The Kier molecular flexibility index (Phi) is 5.65. The number of ether oxygens (including phenoxy) is 1. The molecule has 8 nitrogen and oxygen atoms in total. The minimum atomic E-state index is -1.24. The second-order valence-corrected chi connectivity index (χ2v) is 4.41. The average molecular weight is 296 g/mol. The van der Waals surface area contributed by atoms with Crippen LogP contribution < -0.4 is 10.1 Å². The van der Waals surface area contributed by atoms with Gasteiger partial charge in [-0.1, -0.05) is 6.92 Å². The van der Waals surface area contributed by atoms with Gasteiger partial charge in [-0.05, 0) is 19.4 Å². The predicted octanol–water partition coefficient (Wildman–Crippen LogP) is 1.59. The van der Waals surface area contributed by atoms with E-state index in [0.29, 0.717) is 0 Å². The van der Waals surface area contributed by atoms with Crippen LogP contribution in [0.3, 0.4) is 0 Å². The molecule has 0 saturated heterocycles. The maximum atomic E-state index is 11.6. The Balaban J connectivity index is 2.85. The monoisotopic (exact) mass is 296 g/mol. The zero-order valence-electron chi connectivity index (χ0n) is 11.7. The highest BCUT2D eigenvalue weighted by molar-refractivity contribution is 5.88. The molecule has 0 saturated carbocycles. The van der Waals surface area contributed by atoms with Gasteiger partial charge < -0.3 is 15.2 Å². The van der Waals surface area contributed by atoms with E-state index in [1.165, 1.54) is 0 Å². The SMILES string of the molecule is CC[C@@H](C)NC(=O)COc1cc(C(=O)O)ccc1[N+](=O)[O-]. The largest absolute Gasteiger partial charge is 0.478 e. The van der Waals surface area contributed by atoms with E-state index < -0.39 is 29.1 Å². The lowest BCUT2D eigenvalue weighted by atomic mass is 10.2. The lowest BCUT2D eigenvalue weighted by molar-refractivity contribution is -0.385. The van der Waals surface area contributed by atoms with Crippen LogP contribution in [0, 0.1) is 10.1 Å². The highest BCUT2D eigenvalue weighted by atomic mass is 16.6. The fraction of sp³-hybridized carbons (Fsp3) is 0.385. The van der Waals surface area contributed by atoms with Crippen LogP contribution in [-0.4, -0.2) is 34.6 Å². The van der Waals surface area contributed by atoms with E-state index in [1.807, 2.05) is 13.8 Å². The number of hydrogen-bond donors (Lipinski definition) is 2. The molecule has 1 rings (SSSR count). The van der Waals surface area contributed by atoms with E-state index in [9.17, 15) is 19.7 Å². The number of nitro benzene ring substituents is 1. The van der Waals surface area contributed by atoms with Crippen LogP contribution >= 0.6 is 0 Å². The number of carboxylic acids is 1. The molecule has 114 valence electrons. The molecule has 8 heteroatoms. The summed E-state index contributed by atoms with van der Waals surface area (Å²) in [6, 6.07) is 3.12. The average Bonchev–Trinajstić information content (AvgIpc) is 2.44. The third-order valence-electron chi connectivity index (χ3n) is 2.78. The summed E-state index contributed by atoms with van der Waals surface area (Å²) < 4.78 is 5.08. The van der Waals surface area contributed by atoms with Gasteiger partial charge in [-0.3, -0.25) is 14.9 Å². The predicted molar refractivity (Wildman–Crippen MR) is 73.4 cm³/mol. The number of benzene rings is 1. The molecule has 1 aromatic rings. The van der Waals surface area contributed by atoms with Crippen LogP contribution in [0.4, 0.5) is 5.69 Å². The molecule has 0 bridgehead atoms. The van der Waals surface area contributed by atoms with E-state index >= 15 is 0 Å². The zero-order valence-corrected chi connectivity index (χ0v) is 11.7. The number of amides is 1. The third kappa shape index (κ3) is 4.75. The second-order valence-electron chi connectivity index (χ2n) is 4.41. The van der Waals surface area contributed by atoms with Crippen molar-refractivity contribution >= 4 is 17.6 Å². The highest BCUT2D eigenvalue weighted by Crippen LogP contribution is 2.27. The number of nitro groups is 1. The molecule has 2 N–H and O–H groups in total. The molecule has 0 unspecified atom stereocenters. The van der Waals surface area contributed by atoms with Gasteiger partial charge >= 0.3 is 11.7 Å². The van der Waals surface area contributed by atoms with Crippen LogP contribution in [0.5, 0.6) is 5.75 Å². The smallest absolute Gasteiger partial charge is 0.335 e. The van der Waals surface area contributed by atoms with Crippen LogP contribution in [0.25, 0.3) is 0 Å². The summed E-state index contributed by atoms with van der Waals surface area (Å²) in [5.74, 6) is -1.92. The molecule has 0 spiro atoms. The van der Waals surface area contributed by atoms with Crippen LogP contribution in [0.1, 0.15) is 30.6 Å². The van der Waals surface area contributed by atoms with Crippen molar-refractivity contribution in [1.29, 1.82) is 0 Å². The molecule has 0 radical (unpaired) electrons. The second kappa shape index (κ2) is 7.22. The number of nitrogens with one attached hydrogen (secondary N) is 1. The van der Waals surface area contributed by atoms with E-state index in [1.54, 1.807) is 0 Å². The molecule has 1 amide bonds. The lowest BCUT2D eigenvalue weighted by Crippen LogP contribution is -2.35. The first kappa shape index (κ1) is 16.4. The molecule has 21 heavy (non-hydrogen) atoms. The summed E-state index contributed by atoms with van der Waals surface area (Å²) in [5.41, 5.74) is -0.547. The van der Waals surface area contributed by atoms with E-state index in [2.05, 4.69) is 5.32 Å². The standard InChI is InChI=1S/C13H16N2O6/c1-3-8(2)14-12(16)7-21-11-6-9(13(17)18)4-5-10(11)15(19)20/h4-6,8H,3,7H2,1-2H3,(H,14,16)(H,17,18)/t8-/m1/s1. The molecule has 0 aromatic heterocycles. The Hall–Kier alpha value is -2.64. The quantitative estimate of drug-likeness (QED) is 0.582. The van der Waals surface area contributed by atoms with Gasteiger partial charge in [-0.15, -0.1) is 0 Å². The Morgan fingerprint density at radius 3 is 2.67 bits per heavy atom. The maximum Gasteiger partial charge on any atom is 0.335 e. The van der Waals surface area contributed by atoms with Gasteiger partial charge in [-0.2, -0.15) is 0 Å². The molecule has 1 aromatic carbocycles. The zero-order chi connectivity index (χ0) is 16.0. The van der Waals surface area contributed by atoms with Crippen LogP contribution in [0.2, 0.25) is 0 Å². The van der Waals surface area contributed by atoms with Crippen LogP contribution in [0.15, 0.2) is 18.2 Å². The molecule has 0 aliphatic heterocycles. The maximum absolute atomic E-state index is 11.6.